The Morgan fingerprint density at radius 2 is 1.73 bits per heavy atom. The summed E-state index contributed by atoms with van der Waals surface area (Å²) < 4.78 is 40.2. The molecule has 2 N–H and O–H groups in total. The predicted molar refractivity (Wildman–Crippen MR) is 184 cm³/mol. The Bertz CT molecular complexity index is 1480. The third kappa shape index (κ3) is 5.25. The van der Waals surface area contributed by atoms with E-state index in [-0.39, 0.29) is 13.0 Å². The first-order valence-electron chi connectivity index (χ1n) is 17.9. The average Bonchev–Trinajstić information content (AvgIpc) is 3.50. The quantitative estimate of drug-likeness (QED) is 0.194. The van der Waals surface area contributed by atoms with Crippen LogP contribution in [0, 0.1) is 16.7 Å². The van der Waals surface area contributed by atoms with Crippen molar-refractivity contribution in [3.05, 3.63) is 59.7 Å². The Hall–Kier alpha value is -2.38. The first-order valence-corrected chi connectivity index (χ1v) is 20.4. The molecule has 0 spiro atoms. The van der Waals surface area contributed by atoms with Gasteiger partial charge in [0.15, 0.2) is 20.2 Å². The van der Waals surface area contributed by atoms with Crippen molar-refractivity contribution in [2.24, 2.45) is 16.7 Å². The number of rotatable bonds is 9. The van der Waals surface area contributed by atoms with Gasteiger partial charge in [-0.15, -0.1) is 0 Å². The average molecular weight is 699 g/mol. The molecule has 11 heteroatoms. The SMILES string of the molecule is C=CC1OC2C3=C(C)C(O)CC(O)(C(OC(=O)c4ccccc4)C4C5(OC(C)=O)COC5CC(O[Si](CC)(CC)CC)[C@@]4(C)C2O1)C3(C)C. The Labute approximate surface area is 291 Å². The van der Waals surface area contributed by atoms with Crippen molar-refractivity contribution >= 4 is 20.3 Å². The van der Waals surface area contributed by atoms with Gasteiger partial charge >= 0.3 is 11.9 Å². The van der Waals surface area contributed by atoms with Crippen LogP contribution < -0.4 is 0 Å². The molecule has 2 bridgehead atoms. The number of hydrogen-bond acceptors (Lipinski definition) is 10. The molecule has 1 aromatic carbocycles. The summed E-state index contributed by atoms with van der Waals surface area (Å²) in [6.07, 6.45) is -3.85. The van der Waals surface area contributed by atoms with E-state index < -0.39 is 91.1 Å². The van der Waals surface area contributed by atoms with Gasteiger partial charge in [-0.2, -0.15) is 0 Å². The summed E-state index contributed by atoms with van der Waals surface area (Å²) in [5, 5.41) is 25.1. The molecular formula is C38H54O10Si. The highest BCUT2D eigenvalue weighted by atomic mass is 28.4. The smallest absolute Gasteiger partial charge is 0.338 e. The maximum Gasteiger partial charge on any atom is 0.338 e. The number of hydrogen-bond donors (Lipinski definition) is 2. The number of esters is 2. The number of carbonyl (C=O) groups excluding carboxylic acids is 2. The van der Waals surface area contributed by atoms with Crippen LogP contribution in [-0.2, 0) is 32.9 Å². The van der Waals surface area contributed by atoms with E-state index in [1.54, 1.807) is 30.3 Å². The van der Waals surface area contributed by atoms with E-state index in [1.807, 2.05) is 26.8 Å². The first kappa shape index (κ1) is 36.4. The molecule has 5 aliphatic rings. The van der Waals surface area contributed by atoms with Gasteiger partial charge in [0.05, 0.1) is 36.4 Å². The van der Waals surface area contributed by atoms with Crippen molar-refractivity contribution in [2.75, 3.05) is 6.61 Å². The summed E-state index contributed by atoms with van der Waals surface area (Å²) in [5.41, 5.74) is -3.66. The lowest BCUT2D eigenvalue weighted by Gasteiger charge is -2.69. The van der Waals surface area contributed by atoms with Gasteiger partial charge in [0, 0.05) is 30.6 Å². The lowest BCUT2D eigenvalue weighted by Crippen LogP contribution is -2.82. The molecule has 10 unspecified atom stereocenters. The third-order valence-corrected chi connectivity index (χ3v) is 17.8. The number of aliphatic hydroxyl groups excluding tert-OH is 1. The molecule has 0 amide bonds. The fourth-order valence-corrected chi connectivity index (χ4v) is 13.0. The van der Waals surface area contributed by atoms with Crippen LogP contribution in [0.4, 0.5) is 0 Å². The maximum absolute atomic E-state index is 14.2. The highest BCUT2D eigenvalue weighted by Crippen LogP contribution is 2.67. The monoisotopic (exact) mass is 698 g/mol. The predicted octanol–water partition coefficient (Wildman–Crippen LogP) is 5.48. The van der Waals surface area contributed by atoms with Crippen LogP contribution in [-0.4, -0.2) is 91.2 Å². The van der Waals surface area contributed by atoms with Crippen LogP contribution in [0.25, 0.3) is 0 Å². The van der Waals surface area contributed by atoms with Crippen molar-refractivity contribution in [1.82, 2.24) is 0 Å². The summed E-state index contributed by atoms with van der Waals surface area (Å²) in [5.74, 6) is -2.05. The number of benzene rings is 1. The molecule has 4 fully saturated rings. The molecule has 3 aliphatic carbocycles. The fourth-order valence-electron chi connectivity index (χ4n) is 10.1. The maximum atomic E-state index is 14.2. The topological polar surface area (TPSA) is 130 Å². The Kier molecular flexibility index (Phi) is 9.42. The highest BCUT2D eigenvalue weighted by Gasteiger charge is 2.79. The lowest BCUT2D eigenvalue weighted by atomic mass is 9.44. The Morgan fingerprint density at radius 3 is 2.29 bits per heavy atom. The second kappa shape index (κ2) is 12.7. The molecule has 0 aromatic heterocycles. The van der Waals surface area contributed by atoms with Crippen molar-refractivity contribution in [1.29, 1.82) is 0 Å². The van der Waals surface area contributed by atoms with Crippen LogP contribution in [0.15, 0.2) is 54.1 Å². The number of carbonyl (C=O) groups is 2. The van der Waals surface area contributed by atoms with Crippen LogP contribution >= 0.6 is 0 Å². The van der Waals surface area contributed by atoms with Gasteiger partial charge in [0.25, 0.3) is 0 Å². The van der Waals surface area contributed by atoms with Gasteiger partial charge in [-0.25, -0.2) is 4.79 Å². The number of aliphatic hydroxyl groups is 2. The zero-order valence-electron chi connectivity index (χ0n) is 30.2. The van der Waals surface area contributed by atoms with Crippen molar-refractivity contribution < 1.29 is 47.9 Å². The molecule has 0 radical (unpaired) electrons. The normalized spacial score (nSPS) is 40.9. The molecular weight excluding hydrogens is 644 g/mol. The Balaban J connectivity index is 1.68. The van der Waals surface area contributed by atoms with Gasteiger partial charge in [-0.05, 0) is 54.4 Å². The van der Waals surface area contributed by atoms with Crippen molar-refractivity contribution in [2.45, 2.75) is 140 Å². The molecule has 1 aromatic rings. The molecule has 11 atom stereocenters. The van der Waals surface area contributed by atoms with E-state index in [0.29, 0.717) is 23.1 Å². The fraction of sp³-hybridized carbons (Fsp3) is 0.684. The molecule has 10 nitrogen and oxygen atoms in total. The molecule has 2 aliphatic heterocycles. The molecule has 2 saturated heterocycles. The summed E-state index contributed by atoms with van der Waals surface area (Å²) in [6, 6.07) is 11.3. The second-order valence-corrected chi connectivity index (χ2v) is 20.3. The van der Waals surface area contributed by atoms with Crippen LogP contribution in [0.3, 0.4) is 0 Å². The molecule has 2 saturated carbocycles. The minimum atomic E-state index is -2.32. The van der Waals surface area contributed by atoms with Gasteiger partial charge in [0.1, 0.15) is 23.9 Å². The van der Waals surface area contributed by atoms with Crippen LogP contribution in [0.2, 0.25) is 18.1 Å². The van der Waals surface area contributed by atoms with E-state index in [2.05, 4.69) is 34.3 Å². The largest absolute Gasteiger partial charge is 0.455 e. The standard InChI is InChI=1S/C38H54O10Si/c1-10-28-44-30-29-22(5)25(40)20-38(42,35(29,7)8)33(46-34(41)24-17-15-14-16-18-24)31-36(9,32(30)45-28)26(48-49(11-2,12-3)13-4)19-27-37(31,21-43-27)47-23(6)39/h10,14-18,25-28,30-33,40,42H,1,11-13,19-21H2,2-9H3/t25?,26?,27?,28?,30?,31?,32?,33?,36-,37?,38?/m1/s1. The molecule has 270 valence electrons. The van der Waals surface area contributed by atoms with Gasteiger partial charge in [-0.3, -0.25) is 4.79 Å². The second-order valence-electron chi connectivity index (χ2n) is 15.6. The summed E-state index contributed by atoms with van der Waals surface area (Å²) in [4.78, 5) is 27.3. The zero-order chi connectivity index (χ0) is 35.7. The van der Waals surface area contributed by atoms with Crippen molar-refractivity contribution in [3.63, 3.8) is 0 Å². The van der Waals surface area contributed by atoms with Gasteiger partial charge in [0.2, 0.25) is 0 Å². The lowest BCUT2D eigenvalue weighted by molar-refractivity contribution is -0.360. The Morgan fingerprint density at radius 1 is 1.08 bits per heavy atom. The highest BCUT2D eigenvalue weighted by molar-refractivity contribution is 6.73. The molecule has 49 heavy (non-hydrogen) atoms. The first-order chi connectivity index (χ1) is 23.1. The van der Waals surface area contributed by atoms with Gasteiger partial charge in [-0.1, -0.05) is 66.3 Å². The minimum Gasteiger partial charge on any atom is -0.455 e. The molecule has 2 heterocycles. The van der Waals surface area contributed by atoms with Crippen molar-refractivity contribution in [3.8, 4) is 0 Å². The summed E-state index contributed by atoms with van der Waals surface area (Å²) in [6.45, 7) is 19.6. The zero-order valence-corrected chi connectivity index (χ0v) is 31.2. The third-order valence-electron chi connectivity index (χ3n) is 13.2. The summed E-state index contributed by atoms with van der Waals surface area (Å²) >= 11 is 0. The molecule has 6 rings (SSSR count). The van der Waals surface area contributed by atoms with Crippen LogP contribution in [0.1, 0.15) is 78.6 Å². The van der Waals surface area contributed by atoms with E-state index in [9.17, 15) is 19.8 Å². The number of fused-ring (bicyclic) bond motifs is 8. The van der Waals surface area contributed by atoms with E-state index >= 15 is 0 Å². The number of ether oxygens (including phenoxy) is 5. The summed E-state index contributed by atoms with van der Waals surface area (Å²) in [7, 11) is -2.32. The van der Waals surface area contributed by atoms with Gasteiger partial charge < -0.3 is 38.3 Å². The van der Waals surface area contributed by atoms with Crippen LogP contribution in [0.5, 0.6) is 0 Å². The van der Waals surface area contributed by atoms with E-state index in [1.165, 1.54) is 6.92 Å². The van der Waals surface area contributed by atoms with E-state index in [4.69, 9.17) is 28.1 Å². The minimum absolute atomic E-state index is 0.0332. The van der Waals surface area contributed by atoms with E-state index in [0.717, 1.165) is 18.1 Å².